The second kappa shape index (κ2) is 11.7. The zero-order valence-corrected chi connectivity index (χ0v) is 17.2. The van der Waals surface area contributed by atoms with Gasteiger partial charge in [0.15, 0.2) is 0 Å². The van der Waals surface area contributed by atoms with Crippen LogP contribution in [0.1, 0.15) is 6.42 Å². The zero-order valence-electron chi connectivity index (χ0n) is 13.8. The molecule has 0 unspecified atom stereocenters. The maximum absolute atomic E-state index is 8.49. The van der Waals surface area contributed by atoms with Crippen molar-refractivity contribution in [3.63, 3.8) is 0 Å². The van der Waals surface area contributed by atoms with Gasteiger partial charge >= 0.3 is 19.5 Å². The summed E-state index contributed by atoms with van der Waals surface area (Å²) in [5, 5.41) is 2.79. The number of hydrogen-bond donors (Lipinski definition) is 0. The number of allylic oxidation sites excluding steroid dienone is 4. The Morgan fingerprint density at radius 3 is 1.19 bits per heavy atom. The first-order valence-corrected chi connectivity index (χ1v) is 9.99. The summed E-state index contributed by atoms with van der Waals surface area (Å²) in [6.07, 6.45) is 10.5. The first kappa shape index (κ1) is 23.1. The van der Waals surface area contributed by atoms with E-state index in [1.54, 1.807) is 0 Å². The topological polar surface area (TPSA) is 92.2 Å². The van der Waals surface area contributed by atoms with Crippen molar-refractivity contribution in [3.05, 3.63) is 85.0 Å². The first-order valence-electron chi connectivity index (χ1n) is 7.76. The number of benzene rings is 2. The smallest absolute Gasteiger partial charge is 0.222 e. The molecule has 140 valence electrons. The molecule has 4 nitrogen and oxygen atoms in total. The van der Waals surface area contributed by atoms with Gasteiger partial charge in [-0.25, -0.2) is 18.6 Å². The Bertz CT molecular complexity index is 618. The van der Waals surface area contributed by atoms with Crippen LogP contribution in [-0.2, 0) is 19.5 Å². The molecule has 0 fully saturated rings. The van der Waals surface area contributed by atoms with Crippen molar-refractivity contribution >= 4 is 19.2 Å². The minimum absolute atomic E-state index is 0. The Kier molecular flexibility index (Phi) is 10.5. The van der Waals surface area contributed by atoms with Gasteiger partial charge in [-0.05, 0) is 28.9 Å². The molecule has 0 saturated carbocycles. The third kappa shape index (κ3) is 10.3. The van der Waals surface area contributed by atoms with Crippen LogP contribution in [0.4, 0.5) is 0 Å². The molecule has 2 bridgehead atoms. The van der Waals surface area contributed by atoms with Gasteiger partial charge < -0.3 is 0 Å². The Morgan fingerprint density at radius 1 is 0.654 bits per heavy atom. The van der Waals surface area contributed by atoms with E-state index in [1.807, 2.05) is 0 Å². The van der Waals surface area contributed by atoms with E-state index in [9.17, 15) is 0 Å². The van der Waals surface area contributed by atoms with Gasteiger partial charge in [-0.2, -0.15) is 0 Å². The van der Waals surface area contributed by atoms with Crippen LogP contribution in [0, 0.1) is 22.1 Å². The summed E-state index contributed by atoms with van der Waals surface area (Å²) < 4.78 is 34.0. The molecule has 0 atom stereocenters. The Morgan fingerprint density at radius 2 is 0.962 bits per heavy atom. The SMILES string of the molecule is C1=CC2C=CC1C2.[O-][Cl+3]([O-])([O-])[O-].[Rh+].c1ccc(Pc2ccccc2)cc1. The standard InChI is InChI=1S/C12H11P.C7H8.ClHO4.Rh/c1-3-7-11(8-4-1)13-12-9-5-2-6-10-12;1-2-7-4-3-6(1)5-7;2-1(3,4)5;/h1-10,13H;1-4,6-7H,5H2;(H,2,3,4,5);/q;;;+1/p-1. The summed E-state index contributed by atoms with van der Waals surface area (Å²) in [5.41, 5.74) is 0. The van der Waals surface area contributed by atoms with Gasteiger partial charge in [-0.3, -0.25) is 0 Å². The average Bonchev–Trinajstić information content (AvgIpc) is 3.21. The normalized spacial score (nSPS) is 18.9. The molecule has 0 aliphatic heterocycles. The average molecular weight is 481 g/mol. The van der Waals surface area contributed by atoms with E-state index in [0.29, 0.717) is 0 Å². The predicted octanol–water partition coefficient (Wildman–Crippen LogP) is -0.694. The number of rotatable bonds is 2. The quantitative estimate of drug-likeness (QED) is 0.323. The number of halogens is 1. The molecule has 2 aliphatic carbocycles. The van der Waals surface area contributed by atoms with Crippen molar-refractivity contribution in [2.24, 2.45) is 11.8 Å². The van der Waals surface area contributed by atoms with Gasteiger partial charge in [0.2, 0.25) is 0 Å². The molecule has 0 amide bonds. The summed E-state index contributed by atoms with van der Waals surface area (Å²) in [4.78, 5) is 0. The fourth-order valence-corrected chi connectivity index (χ4v) is 3.59. The molecular formula is C19H19ClO4PRh. The molecule has 0 saturated heterocycles. The van der Waals surface area contributed by atoms with E-state index < -0.39 is 10.2 Å². The molecular weight excluding hydrogens is 462 g/mol. The minimum atomic E-state index is -4.94. The van der Waals surface area contributed by atoms with Gasteiger partial charge in [-0.1, -0.05) is 93.5 Å². The molecule has 0 aromatic heterocycles. The van der Waals surface area contributed by atoms with Crippen molar-refractivity contribution in [2.75, 3.05) is 0 Å². The second-order valence-corrected chi connectivity index (χ2v) is 7.73. The second-order valence-electron chi connectivity index (χ2n) is 5.57. The summed E-state index contributed by atoms with van der Waals surface area (Å²) in [7, 11) is -4.17. The maximum Gasteiger partial charge on any atom is 1.00 e. The van der Waals surface area contributed by atoms with E-state index in [1.165, 1.54) is 17.0 Å². The maximum atomic E-state index is 8.49. The Balaban J connectivity index is 0.000000219. The van der Waals surface area contributed by atoms with Gasteiger partial charge in [0.05, 0.1) is 0 Å². The van der Waals surface area contributed by atoms with E-state index in [-0.39, 0.29) is 19.5 Å². The van der Waals surface area contributed by atoms with Crippen LogP contribution in [0.25, 0.3) is 0 Å². The van der Waals surface area contributed by atoms with Crippen molar-refractivity contribution in [3.8, 4) is 0 Å². The third-order valence-corrected chi connectivity index (χ3v) is 4.84. The summed E-state index contributed by atoms with van der Waals surface area (Å²) in [5.74, 6) is 1.62. The van der Waals surface area contributed by atoms with E-state index in [4.69, 9.17) is 18.6 Å². The molecule has 0 spiro atoms. The third-order valence-electron chi connectivity index (χ3n) is 3.59. The monoisotopic (exact) mass is 480 g/mol. The van der Waals surface area contributed by atoms with E-state index in [0.717, 1.165) is 20.4 Å². The summed E-state index contributed by atoms with van der Waals surface area (Å²) in [6.45, 7) is 0. The molecule has 7 heteroatoms. The fraction of sp³-hybridized carbons (Fsp3) is 0.158. The Labute approximate surface area is 170 Å². The van der Waals surface area contributed by atoms with Crippen molar-refractivity contribution < 1.29 is 48.4 Å². The van der Waals surface area contributed by atoms with Crippen LogP contribution in [0.15, 0.2) is 85.0 Å². The molecule has 0 radical (unpaired) electrons. The molecule has 2 aromatic carbocycles. The van der Waals surface area contributed by atoms with Gasteiger partial charge in [0, 0.05) is 0 Å². The summed E-state index contributed by atoms with van der Waals surface area (Å²) >= 11 is 0. The summed E-state index contributed by atoms with van der Waals surface area (Å²) in [6, 6.07) is 21.2. The predicted molar refractivity (Wildman–Crippen MR) is 90.3 cm³/mol. The van der Waals surface area contributed by atoms with E-state index >= 15 is 0 Å². The van der Waals surface area contributed by atoms with Gasteiger partial charge in [-0.15, -0.1) is 10.2 Å². The zero-order chi connectivity index (χ0) is 18.1. The van der Waals surface area contributed by atoms with E-state index in [2.05, 4.69) is 85.0 Å². The number of fused-ring (bicyclic) bond motifs is 2. The molecule has 0 N–H and O–H groups in total. The molecule has 4 rings (SSSR count). The van der Waals surface area contributed by atoms with Gasteiger partial charge in [0.1, 0.15) is 0 Å². The van der Waals surface area contributed by atoms with Crippen molar-refractivity contribution in [1.82, 2.24) is 0 Å². The van der Waals surface area contributed by atoms with Gasteiger partial charge in [0.25, 0.3) is 0 Å². The largest absolute Gasteiger partial charge is 1.00 e. The first-order chi connectivity index (χ1) is 11.9. The molecule has 2 aromatic rings. The van der Waals surface area contributed by atoms with Crippen molar-refractivity contribution in [1.29, 1.82) is 0 Å². The van der Waals surface area contributed by atoms with Crippen molar-refractivity contribution in [2.45, 2.75) is 6.42 Å². The van der Waals surface area contributed by atoms with Crippen LogP contribution in [0.3, 0.4) is 0 Å². The Hall–Kier alpha value is -0.897. The van der Waals surface area contributed by atoms with Crippen LogP contribution in [-0.4, -0.2) is 0 Å². The molecule has 0 heterocycles. The van der Waals surface area contributed by atoms with Crippen LogP contribution < -0.4 is 29.2 Å². The molecule has 26 heavy (non-hydrogen) atoms. The fourth-order valence-electron chi connectivity index (χ4n) is 2.54. The van der Waals surface area contributed by atoms with Crippen LogP contribution >= 0.6 is 8.58 Å². The molecule has 2 aliphatic rings. The van der Waals surface area contributed by atoms with Crippen LogP contribution in [0.2, 0.25) is 0 Å². The van der Waals surface area contributed by atoms with Crippen LogP contribution in [0.5, 0.6) is 0 Å². The minimum Gasteiger partial charge on any atom is -0.222 e. The number of hydrogen-bond acceptors (Lipinski definition) is 4.